The van der Waals surface area contributed by atoms with Crippen LogP contribution in [-0.4, -0.2) is 73.0 Å². The second-order valence-corrected chi connectivity index (χ2v) is 10.4. The smallest absolute Gasteiger partial charge is 0.334 e. The molecule has 3 aliphatic rings. The number of aryl methyl sites for hydroxylation is 3. The number of aromatic nitrogens is 2. The Morgan fingerprint density at radius 3 is 2.42 bits per heavy atom. The van der Waals surface area contributed by atoms with Crippen LogP contribution in [0.15, 0.2) is 18.5 Å². The van der Waals surface area contributed by atoms with Crippen LogP contribution in [0.1, 0.15) is 47.9 Å². The van der Waals surface area contributed by atoms with Crippen LogP contribution < -0.4 is 14.3 Å². The molecule has 2 N–H and O–H groups in total. The number of hydrogen-bond acceptors (Lipinski definition) is 5. The summed E-state index contributed by atoms with van der Waals surface area (Å²) in [5, 5.41) is 7.02. The van der Waals surface area contributed by atoms with E-state index in [-0.39, 0.29) is 36.2 Å². The molecule has 0 saturated carbocycles. The fraction of sp³-hybridized carbons (Fsp3) is 0.545. The predicted molar refractivity (Wildman–Crippen MR) is 127 cm³/mol. The molecule has 33 heavy (non-hydrogen) atoms. The van der Waals surface area contributed by atoms with Crippen LogP contribution >= 0.6 is 0 Å². The van der Waals surface area contributed by atoms with E-state index >= 15 is 0 Å². The number of carbonyl (C=O) groups excluding carboxylic acids is 1. The Kier molecular flexibility index (Phi) is 7.40. The number of nitrogens with one attached hydrogen (secondary N) is 2. The van der Waals surface area contributed by atoms with Gasteiger partial charge in [0.05, 0.1) is 24.5 Å². The Hall–Kier alpha value is -1.59. The first-order valence-electron chi connectivity index (χ1n) is 11.3. The summed E-state index contributed by atoms with van der Waals surface area (Å²) in [6.07, 6.45) is 10.5. The van der Waals surface area contributed by atoms with E-state index in [2.05, 4.69) is 21.2 Å². The number of hydrogen-bond donors (Lipinski definition) is 2. The maximum absolute atomic E-state index is 13.4. The first-order chi connectivity index (χ1) is 15.4. The van der Waals surface area contributed by atoms with Gasteiger partial charge in [0.2, 0.25) is 0 Å². The van der Waals surface area contributed by atoms with Gasteiger partial charge in [-0.3, -0.25) is 4.68 Å². The maximum atomic E-state index is 13.4. The topological polar surface area (TPSA) is 106 Å². The predicted octanol–water partition coefficient (Wildman–Crippen LogP) is 2.07. The molecule has 0 spiro atoms. The van der Waals surface area contributed by atoms with E-state index < -0.39 is 22.3 Å². The van der Waals surface area contributed by atoms with Gasteiger partial charge < -0.3 is 10.1 Å². The number of rotatable bonds is 5. The minimum Gasteiger partial charge on any atom is -0.379 e. The van der Waals surface area contributed by atoms with E-state index in [1.165, 1.54) is 26.3 Å². The van der Waals surface area contributed by atoms with Gasteiger partial charge in [-0.05, 0) is 73.6 Å². The molecule has 2 heterocycles. The van der Waals surface area contributed by atoms with Gasteiger partial charge in [-0.2, -0.15) is 13.5 Å². The van der Waals surface area contributed by atoms with Crippen molar-refractivity contribution in [1.29, 1.82) is 0 Å². The van der Waals surface area contributed by atoms with Crippen LogP contribution in [0.25, 0.3) is 0 Å². The number of benzene rings is 1. The first-order valence-corrected chi connectivity index (χ1v) is 12.7. The molecule has 2 amide bonds. The van der Waals surface area contributed by atoms with Crippen molar-refractivity contribution in [3.05, 3.63) is 40.7 Å². The van der Waals surface area contributed by atoms with Crippen molar-refractivity contribution in [2.24, 2.45) is 7.05 Å². The van der Waals surface area contributed by atoms with E-state index in [0.29, 0.717) is 18.7 Å². The first kappa shape index (κ1) is 24.5. The summed E-state index contributed by atoms with van der Waals surface area (Å²) in [6, 6.07) is 1.14. The average Bonchev–Trinajstić information content (AvgIpc) is 3.49. The number of anilines is 2. The Morgan fingerprint density at radius 1 is 1.15 bits per heavy atom. The standard InChI is InChI=1S/C22H29N5O4S.Na/c1-26-13-18(12-23-26)27(17-7-4-10-31-14-17)32(29,30)25-22(28)24-21-19-8-2-5-15(19)11-16-6-3-9-20(16)21;/h11-13,17H,2-10,14H2,1H3,(H2,24,25,28);. The summed E-state index contributed by atoms with van der Waals surface area (Å²) in [5.41, 5.74) is 6.09. The Bertz CT molecular complexity index is 1110. The third-order valence-corrected chi connectivity index (χ3v) is 8.08. The molecular formula is C22H29N5NaO4S. The minimum atomic E-state index is -4.17. The molecule has 1 fully saturated rings. The molecule has 0 bridgehead atoms. The van der Waals surface area contributed by atoms with E-state index in [4.69, 9.17) is 4.74 Å². The summed E-state index contributed by atoms with van der Waals surface area (Å²) in [5.74, 6) is 0. The second kappa shape index (κ2) is 9.95. The van der Waals surface area contributed by atoms with Gasteiger partial charge >= 0.3 is 16.2 Å². The van der Waals surface area contributed by atoms with Crippen LogP contribution in [-0.2, 0) is 47.7 Å². The van der Waals surface area contributed by atoms with Crippen molar-refractivity contribution in [2.75, 3.05) is 22.8 Å². The fourth-order valence-corrected chi connectivity index (χ4v) is 6.56. The zero-order valence-corrected chi connectivity index (χ0v) is 22.1. The van der Waals surface area contributed by atoms with E-state index in [1.807, 2.05) is 0 Å². The van der Waals surface area contributed by atoms with Gasteiger partial charge in [0, 0.05) is 55.1 Å². The number of fused-ring (bicyclic) bond motifs is 2. The Morgan fingerprint density at radius 2 is 1.85 bits per heavy atom. The van der Waals surface area contributed by atoms with Crippen molar-refractivity contribution in [2.45, 2.75) is 57.4 Å². The van der Waals surface area contributed by atoms with Crippen LogP contribution in [0.5, 0.6) is 0 Å². The molecule has 2 aliphatic carbocycles. The van der Waals surface area contributed by atoms with Gasteiger partial charge in [0.25, 0.3) is 0 Å². The zero-order chi connectivity index (χ0) is 22.3. The number of urea groups is 1. The van der Waals surface area contributed by atoms with Gasteiger partial charge in [0.1, 0.15) is 0 Å². The van der Waals surface area contributed by atoms with Crippen molar-refractivity contribution in [3.63, 3.8) is 0 Å². The summed E-state index contributed by atoms with van der Waals surface area (Å²) in [7, 11) is -2.45. The largest absolute Gasteiger partial charge is 0.379 e. The van der Waals surface area contributed by atoms with Gasteiger partial charge in [0.15, 0.2) is 0 Å². The molecule has 1 aliphatic heterocycles. The van der Waals surface area contributed by atoms with Crippen molar-refractivity contribution in [3.8, 4) is 0 Å². The molecule has 1 atom stereocenters. The van der Waals surface area contributed by atoms with E-state index in [9.17, 15) is 13.2 Å². The van der Waals surface area contributed by atoms with Crippen LogP contribution in [0, 0.1) is 0 Å². The molecule has 5 rings (SSSR count). The molecule has 11 heteroatoms. The van der Waals surface area contributed by atoms with Gasteiger partial charge in [-0.1, -0.05) is 6.07 Å². The molecule has 173 valence electrons. The zero-order valence-electron chi connectivity index (χ0n) is 19.3. The molecule has 1 unspecified atom stereocenters. The van der Waals surface area contributed by atoms with Crippen molar-refractivity contribution >= 4 is 57.2 Å². The third kappa shape index (κ3) is 4.95. The van der Waals surface area contributed by atoms with E-state index in [0.717, 1.165) is 61.8 Å². The Balaban J connectivity index is 0.00000259. The maximum Gasteiger partial charge on any atom is 0.334 e. The number of amides is 2. The molecule has 1 aromatic heterocycles. The molecule has 1 aromatic carbocycles. The number of carbonyl (C=O) groups is 1. The van der Waals surface area contributed by atoms with E-state index in [1.54, 1.807) is 13.2 Å². The van der Waals surface area contributed by atoms with Crippen LogP contribution in [0.4, 0.5) is 16.2 Å². The van der Waals surface area contributed by atoms with Crippen LogP contribution in [0.2, 0.25) is 0 Å². The second-order valence-electron chi connectivity index (χ2n) is 8.83. The summed E-state index contributed by atoms with van der Waals surface area (Å²) >= 11 is 0. The quantitative estimate of drug-likeness (QED) is 0.635. The van der Waals surface area contributed by atoms with Crippen LogP contribution in [0.3, 0.4) is 0 Å². The average molecular weight is 483 g/mol. The molecular weight excluding hydrogens is 453 g/mol. The summed E-state index contributed by atoms with van der Waals surface area (Å²) in [4.78, 5) is 13.0. The normalized spacial score (nSPS) is 19.4. The number of ether oxygens (including phenoxy) is 1. The fourth-order valence-electron chi connectivity index (χ4n) is 5.25. The van der Waals surface area contributed by atoms with Gasteiger partial charge in [-0.25, -0.2) is 13.8 Å². The Labute approximate surface area is 216 Å². The molecule has 1 radical (unpaired) electrons. The molecule has 1 saturated heterocycles. The minimum absolute atomic E-state index is 0. The molecule has 9 nitrogen and oxygen atoms in total. The van der Waals surface area contributed by atoms with Crippen molar-refractivity contribution in [1.82, 2.24) is 14.5 Å². The van der Waals surface area contributed by atoms with Crippen molar-refractivity contribution < 1.29 is 17.9 Å². The van der Waals surface area contributed by atoms with Gasteiger partial charge in [-0.15, -0.1) is 0 Å². The SMILES string of the molecule is Cn1cc(N(C2CCCOC2)S(=O)(=O)NC(=O)Nc2c3c(cc4c2CCC4)CCC3)cn1.[Na]. The summed E-state index contributed by atoms with van der Waals surface area (Å²) in [6.45, 7) is 0.882. The molecule has 2 aromatic rings. The summed E-state index contributed by atoms with van der Waals surface area (Å²) < 4.78 is 37.3. The monoisotopic (exact) mass is 482 g/mol. The third-order valence-electron chi connectivity index (χ3n) is 6.61. The number of nitrogens with zero attached hydrogens (tertiary/aromatic N) is 3.